The molecule has 6 nitrogen and oxygen atoms in total. The molecule has 1 aliphatic carbocycles. The topological polar surface area (TPSA) is 101 Å². The second-order valence-corrected chi connectivity index (χ2v) is 8.72. The largest absolute Gasteiger partial charge is 0.397 e. The van der Waals surface area contributed by atoms with Crippen LogP contribution >= 0.6 is 0 Å². The molecule has 33 heavy (non-hydrogen) atoms. The summed E-state index contributed by atoms with van der Waals surface area (Å²) in [5, 5.41) is 13.3. The average Bonchev–Trinajstić information content (AvgIpc) is 2.78. The number of pyridine rings is 2. The summed E-state index contributed by atoms with van der Waals surface area (Å²) in [6, 6.07) is 8.10. The van der Waals surface area contributed by atoms with E-state index in [4.69, 9.17) is 5.73 Å². The van der Waals surface area contributed by atoms with Gasteiger partial charge in [-0.05, 0) is 66.5 Å². The van der Waals surface area contributed by atoms with Crippen molar-refractivity contribution in [1.29, 1.82) is 0 Å². The molecule has 4 rings (SSSR count). The van der Waals surface area contributed by atoms with Crippen LogP contribution in [0, 0.1) is 23.5 Å². The molecule has 2 aromatic heterocycles. The van der Waals surface area contributed by atoms with Gasteiger partial charge in [0.2, 0.25) is 0 Å². The van der Waals surface area contributed by atoms with Gasteiger partial charge in [-0.2, -0.15) is 0 Å². The van der Waals surface area contributed by atoms with E-state index in [9.17, 15) is 18.7 Å². The molecular formula is C25H26F2N4O2. The highest BCUT2D eigenvalue weighted by molar-refractivity contribution is 6.06. The number of nitrogen functional groups attached to an aromatic ring is 1. The number of benzene rings is 1. The van der Waals surface area contributed by atoms with Crippen LogP contribution in [0.2, 0.25) is 0 Å². The van der Waals surface area contributed by atoms with Gasteiger partial charge in [0.25, 0.3) is 5.91 Å². The zero-order valence-electron chi connectivity index (χ0n) is 18.4. The van der Waals surface area contributed by atoms with Crippen molar-refractivity contribution in [2.75, 3.05) is 11.1 Å². The van der Waals surface area contributed by atoms with Crippen LogP contribution < -0.4 is 11.1 Å². The van der Waals surface area contributed by atoms with E-state index in [0.29, 0.717) is 18.0 Å². The predicted octanol–water partition coefficient (Wildman–Crippen LogP) is 4.77. The highest BCUT2D eigenvalue weighted by Crippen LogP contribution is 2.41. The molecule has 3 aromatic rings. The monoisotopic (exact) mass is 452 g/mol. The van der Waals surface area contributed by atoms with Crippen molar-refractivity contribution in [2.45, 2.75) is 38.7 Å². The molecule has 1 fully saturated rings. The van der Waals surface area contributed by atoms with E-state index in [1.54, 1.807) is 12.4 Å². The molecule has 4 atom stereocenters. The van der Waals surface area contributed by atoms with Crippen molar-refractivity contribution < 1.29 is 18.7 Å². The highest BCUT2D eigenvalue weighted by Gasteiger charge is 2.33. The lowest BCUT2D eigenvalue weighted by molar-refractivity contribution is 0.0384. The van der Waals surface area contributed by atoms with Gasteiger partial charge in [-0.25, -0.2) is 13.8 Å². The van der Waals surface area contributed by atoms with E-state index in [0.717, 1.165) is 24.1 Å². The Bertz CT molecular complexity index is 1150. The van der Waals surface area contributed by atoms with Crippen LogP contribution in [0.3, 0.4) is 0 Å². The summed E-state index contributed by atoms with van der Waals surface area (Å²) >= 11 is 0. The Hall–Kier alpha value is -3.39. The summed E-state index contributed by atoms with van der Waals surface area (Å²) in [5.41, 5.74) is 6.90. The lowest BCUT2D eigenvalue weighted by atomic mass is 9.71. The maximum atomic E-state index is 14.2. The van der Waals surface area contributed by atoms with Crippen LogP contribution in [0.4, 0.5) is 20.2 Å². The molecular weight excluding hydrogens is 426 g/mol. The number of carbonyl (C=O) groups is 1. The van der Waals surface area contributed by atoms with Gasteiger partial charge in [0.05, 0.1) is 34.9 Å². The quantitative estimate of drug-likeness (QED) is 0.530. The maximum absolute atomic E-state index is 14.2. The zero-order chi connectivity index (χ0) is 23.7. The fourth-order valence-corrected chi connectivity index (χ4v) is 4.48. The van der Waals surface area contributed by atoms with Crippen LogP contribution in [0.25, 0.3) is 11.3 Å². The molecule has 4 N–H and O–H groups in total. The molecule has 1 aliphatic rings. The number of aliphatic hydroxyl groups excluding tert-OH is 1. The summed E-state index contributed by atoms with van der Waals surface area (Å²) in [7, 11) is 0. The number of nitrogens with one attached hydrogen (secondary N) is 1. The van der Waals surface area contributed by atoms with E-state index in [2.05, 4.69) is 22.2 Å². The highest BCUT2D eigenvalue weighted by atomic mass is 19.1. The normalized spacial score (nSPS) is 22.7. The first kappa shape index (κ1) is 22.8. The Morgan fingerprint density at radius 1 is 1.12 bits per heavy atom. The number of hydrogen-bond donors (Lipinski definition) is 3. The second-order valence-electron chi connectivity index (χ2n) is 8.72. The molecule has 8 heteroatoms. The number of nitrogens with two attached hydrogens (primary N) is 1. The van der Waals surface area contributed by atoms with Crippen LogP contribution in [-0.4, -0.2) is 27.1 Å². The molecule has 2 heterocycles. The van der Waals surface area contributed by atoms with Crippen molar-refractivity contribution in [3.63, 3.8) is 0 Å². The summed E-state index contributed by atoms with van der Waals surface area (Å²) in [4.78, 5) is 21.4. The van der Waals surface area contributed by atoms with Gasteiger partial charge in [0.1, 0.15) is 11.6 Å². The van der Waals surface area contributed by atoms with Gasteiger partial charge >= 0.3 is 0 Å². The van der Waals surface area contributed by atoms with E-state index < -0.39 is 23.6 Å². The first-order valence-corrected chi connectivity index (χ1v) is 10.9. The molecule has 0 spiro atoms. The Labute approximate surface area is 190 Å². The number of amides is 1. The van der Waals surface area contributed by atoms with Crippen molar-refractivity contribution in [1.82, 2.24) is 9.97 Å². The summed E-state index contributed by atoms with van der Waals surface area (Å²) in [6.07, 6.45) is 4.21. The van der Waals surface area contributed by atoms with Gasteiger partial charge in [-0.3, -0.25) is 9.78 Å². The molecule has 0 bridgehead atoms. The Balaban J connectivity index is 1.64. The Morgan fingerprint density at radius 3 is 2.55 bits per heavy atom. The fourth-order valence-electron chi connectivity index (χ4n) is 4.48. The Kier molecular flexibility index (Phi) is 6.37. The average molecular weight is 453 g/mol. The van der Waals surface area contributed by atoms with Crippen LogP contribution in [0.1, 0.15) is 48.7 Å². The third kappa shape index (κ3) is 4.57. The standard InChI is InChI=1S/C25H26F2N4O2/c1-13-10-15(11-22(32)14(13)2)16-8-9-29-12-21(16)31-25(33)24-19(28)6-7-20(30-24)23-17(26)4-3-5-18(23)27/h3-9,12-15,22,32H,10-11,28H2,1-2H3,(H,31,33)/t13-,14-,15+,22+/m0/s1. The van der Waals surface area contributed by atoms with Crippen molar-refractivity contribution in [2.24, 2.45) is 11.8 Å². The minimum absolute atomic E-state index is 0.0328. The number of carbonyl (C=O) groups excluding carboxylic acids is 1. The van der Waals surface area contributed by atoms with Crippen LogP contribution in [-0.2, 0) is 0 Å². The third-order valence-electron chi connectivity index (χ3n) is 6.59. The summed E-state index contributed by atoms with van der Waals surface area (Å²) < 4.78 is 28.5. The maximum Gasteiger partial charge on any atom is 0.276 e. The molecule has 0 saturated heterocycles. The SMILES string of the molecule is C[C@@H]1[C@H](O)C[C@H](c2ccncc2NC(=O)c2nc(-c3c(F)cccc3F)ccc2N)C[C@@H]1C. The van der Waals surface area contributed by atoms with Crippen molar-refractivity contribution >= 4 is 17.3 Å². The summed E-state index contributed by atoms with van der Waals surface area (Å²) in [5.74, 6) is -1.61. The number of anilines is 2. The lowest BCUT2D eigenvalue weighted by Crippen LogP contribution is -2.32. The molecule has 1 amide bonds. The van der Waals surface area contributed by atoms with Gasteiger partial charge in [0.15, 0.2) is 5.69 Å². The van der Waals surface area contributed by atoms with Gasteiger partial charge in [-0.15, -0.1) is 0 Å². The minimum atomic E-state index is -0.785. The van der Waals surface area contributed by atoms with E-state index in [1.165, 1.54) is 18.2 Å². The molecule has 172 valence electrons. The first-order chi connectivity index (χ1) is 15.8. The second kappa shape index (κ2) is 9.23. The third-order valence-corrected chi connectivity index (χ3v) is 6.59. The van der Waals surface area contributed by atoms with Crippen LogP contribution in [0.5, 0.6) is 0 Å². The van der Waals surface area contributed by atoms with Crippen molar-refractivity contribution in [3.8, 4) is 11.3 Å². The number of aliphatic hydroxyl groups is 1. The summed E-state index contributed by atoms with van der Waals surface area (Å²) in [6.45, 7) is 4.15. The molecule has 0 aliphatic heterocycles. The van der Waals surface area contributed by atoms with E-state index in [1.807, 2.05) is 13.0 Å². The number of aromatic nitrogens is 2. The van der Waals surface area contributed by atoms with Crippen molar-refractivity contribution in [3.05, 3.63) is 71.7 Å². The van der Waals surface area contributed by atoms with E-state index in [-0.39, 0.29) is 34.5 Å². The minimum Gasteiger partial charge on any atom is -0.397 e. The molecule has 0 unspecified atom stereocenters. The van der Waals surface area contributed by atoms with Crippen LogP contribution in [0.15, 0.2) is 48.8 Å². The van der Waals surface area contributed by atoms with Gasteiger partial charge in [-0.1, -0.05) is 19.9 Å². The smallest absolute Gasteiger partial charge is 0.276 e. The van der Waals surface area contributed by atoms with E-state index >= 15 is 0 Å². The lowest BCUT2D eigenvalue weighted by Gasteiger charge is -2.37. The first-order valence-electron chi connectivity index (χ1n) is 10.9. The molecule has 1 saturated carbocycles. The number of rotatable bonds is 4. The Morgan fingerprint density at radius 2 is 1.85 bits per heavy atom. The predicted molar refractivity (Wildman–Crippen MR) is 123 cm³/mol. The number of hydrogen-bond acceptors (Lipinski definition) is 5. The molecule has 0 radical (unpaired) electrons. The number of halogens is 2. The number of nitrogens with zero attached hydrogens (tertiary/aromatic N) is 2. The zero-order valence-corrected chi connectivity index (χ0v) is 18.4. The van der Waals surface area contributed by atoms with Gasteiger partial charge < -0.3 is 16.2 Å². The molecule has 1 aromatic carbocycles. The van der Waals surface area contributed by atoms with Gasteiger partial charge in [0, 0.05) is 6.20 Å². The fraction of sp³-hybridized carbons (Fsp3) is 0.320.